The molecule has 0 aromatic heterocycles. The minimum absolute atomic E-state index is 0.0688. The molecule has 0 saturated heterocycles. The smallest absolute Gasteiger partial charge is 0.239 e. The molecule has 5 nitrogen and oxygen atoms in total. The summed E-state index contributed by atoms with van der Waals surface area (Å²) in [6, 6.07) is 7.62. The van der Waals surface area contributed by atoms with Gasteiger partial charge in [-0.1, -0.05) is 26.0 Å². The van der Waals surface area contributed by atoms with E-state index >= 15 is 0 Å². The molecule has 0 unspecified atom stereocenters. The van der Waals surface area contributed by atoms with Gasteiger partial charge in [0.25, 0.3) is 0 Å². The average molecular weight is 280 g/mol. The van der Waals surface area contributed by atoms with Gasteiger partial charge in [-0.05, 0) is 18.1 Å². The van der Waals surface area contributed by atoms with Crippen LogP contribution >= 0.6 is 0 Å². The predicted molar refractivity (Wildman–Crippen MR) is 80.2 cm³/mol. The molecule has 0 fully saturated rings. The lowest BCUT2D eigenvalue weighted by Crippen LogP contribution is -2.32. The van der Waals surface area contributed by atoms with E-state index in [1.165, 1.54) is 0 Å². The van der Waals surface area contributed by atoms with Crippen molar-refractivity contribution < 1.29 is 14.3 Å². The van der Waals surface area contributed by atoms with Gasteiger partial charge in [0.05, 0.1) is 25.4 Å². The molecule has 0 saturated carbocycles. The fraction of sp³-hybridized carbons (Fsp3) is 0.533. The van der Waals surface area contributed by atoms with Crippen LogP contribution in [0.2, 0.25) is 0 Å². The molecule has 0 bridgehead atoms. The number of carbonyl (C=O) groups is 1. The van der Waals surface area contributed by atoms with Gasteiger partial charge in [-0.25, -0.2) is 0 Å². The summed E-state index contributed by atoms with van der Waals surface area (Å²) in [5.41, 5.74) is 0.829. The Balaban J connectivity index is 2.44. The summed E-state index contributed by atoms with van der Waals surface area (Å²) >= 11 is 0. The molecule has 0 aliphatic heterocycles. The van der Waals surface area contributed by atoms with Gasteiger partial charge in [0.1, 0.15) is 5.75 Å². The van der Waals surface area contributed by atoms with Crippen LogP contribution in [0.4, 0.5) is 5.69 Å². The second-order valence-electron chi connectivity index (χ2n) is 4.90. The third-order valence-corrected chi connectivity index (χ3v) is 2.53. The number of carbonyl (C=O) groups excluding carboxylic acids is 1. The Labute approximate surface area is 120 Å². The maximum Gasteiger partial charge on any atom is 0.239 e. The van der Waals surface area contributed by atoms with Crippen molar-refractivity contribution in [2.75, 3.05) is 38.7 Å². The summed E-state index contributed by atoms with van der Waals surface area (Å²) in [6.45, 7) is 6.09. The minimum atomic E-state index is -0.0688. The number of hydrogen-bond acceptors (Lipinski definition) is 4. The van der Waals surface area contributed by atoms with E-state index < -0.39 is 0 Å². The van der Waals surface area contributed by atoms with Crippen LogP contribution in [0.1, 0.15) is 13.8 Å². The Hall–Kier alpha value is -1.75. The number of anilines is 1. The molecule has 20 heavy (non-hydrogen) atoms. The van der Waals surface area contributed by atoms with E-state index in [0.29, 0.717) is 25.7 Å². The molecule has 1 aromatic carbocycles. The molecular formula is C15H24N2O3. The number of para-hydroxylation sites is 2. The Bertz CT molecular complexity index is 408. The molecule has 1 rings (SSSR count). The van der Waals surface area contributed by atoms with Gasteiger partial charge in [0.15, 0.2) is 0 Å². The number of rotatable bonds is 9. The van der Waals surface area contributed by atoms with Crippen LogP contribution in [-0.4, -0.2) is 39.3 Å². The molecule has 0 atom stereocenters. The van der Waals surface area contributed by atoms with Gasteiger partial charge >= 0.3 is 0 Å². The third-order valence-electron chi connectivity index (χ3n) is 2.53. The van der Waals surface area contributed by atoms with E-state index in [1.54, 1.807) is 7.11 Å². The zero-order valence-corrected chi connectivity index (χ0v) is 12.4. The quantitative estimate of drug-likeness (QED) is 0.678. The van der Waals surface area contributed by atoms with Crippen LogP contribution in [0, 0.1) is 5.92 Å². The molecular weight excluding hydrogens is 256 g/mol. The summed E-state index contributed by atoms with van der Waals surface area (Å²) < 4.78 is 10.6. The Kier molecular flexibility index (Phi) is 7.50. The SMILES string of the molecule is COCCNC(=O)CNc1ccccc1OCC(C)C. The number of nitrogens with one attached hydrogen (secondary N) is 2. The highest BCUT2D eigenvalue weighted by molar-refractivity contribution is 5.81. The van der Waals surface area contributed by atoms with E-state index in [0.717, 1.165) is 11.4 Å². The van der Waals surface area contributed by atoms with E-state index in [-0.39, 0.29) is 12.5 Å². The summed E-state index contributed by atoms with van der Waals surface area (Å²) in [5.74, 6) is 1.16. The van der Waals surface area contributed by atoms with Crippen LogP contribution in [-0.2, 0) is 9.53 Å². The normalized spacial score (nSPS) is 10.4. The largest absolute Gasteiger partial charge is 0.491 e. The molecule has 0 aliphatic rings. The zero-order chi connectivity index (χ0) is 14.8. The summed E-state index contributed by atoms with van der Waals surface area (Å²) in [7, 11) is 1.60. The monoisotopic (exact) mass is 280 g/mol. The van der Waals surface area contributed by atoms with Crippen molar-refractivity contribution in [1.82, 2.24) is 5.32 Å². The first-order chi connectivity index (χ1) is 9.63. The minimum Gasteiger partial charge on any atom is -0.491 e. The first-order valence-corrected chi connectivity index (χ1v) is 6.84. The topological polar surface area (TPSA) is 59.6 Å². The highest BCUT2D eigenvalue weighted by atomic mass is 16.5. The van der Waals surface area contributed by atoms with Crippen LogP contribution in [0.3, 0.4) is 0 Å². The summed E-state index contributed by atoms with van der Waals surface area (Å²) in [4.78, 5) is 11.6. The van der Waals surface area contributed by atoms with E-state index in [4.69, 9.17) is 9.47 Å². The standard InChI is InChI=1S/C15H24N2O3/c1-12(2)11-20-14-7-5-4-6-13(14)17-10-15(18)16-8-9-19-3/h4-7,12,17H,8-11H2,1-3H3,(H,16,18). The Morgan fingerprint density at radius 1 is 1.30 bits per heavy atom. The van der Waals surface area contributed by atoms with Crippen LogP contribution in [0.25, 0.3) is 0 Å². The molecule has 1 aromatic rings. The first kappa shape index (κ1) is 16.3. The van der Waals surface area contributed by atoms with Crippen LogP contribution in [0.15, 0.2) is 24.3 Å². The van der Waals surface area contributed by atoms with Crippen LogP contribution < -0.4 is 15.4 Å². The molecule has 2 N–H and O–H groups in total. The van der Waals surface area contributed by atoms with Gasteiger partial charge in [0.2, 0.25) is 5.91 Å². The Morgan fingerprint density at radius 2 is 2.05 bits per heavy atom. The lowest BCUT2D eigenvalue weighted by molar-refractivity contribution is -0.119. The van der Waals surface area contributed by atoms with Crippen LogP contribution in [0.5, 0.6) is 5.75 Å². The lowest BCUT2D eigenvalue weighted by Gasteiger charge is -2.14. The number of hydrogen-bond donors (Lipinski definition) is 2. The van der Waals surface area contributed by atoms with Crippen molar-refractivity contribution in [2.24, 2.45) is 5.92 Å². The van der Waals surface area contributed by atoms with Crippen molar-refractivity contribution in [3.05, 3.63) is 24.3 Å². The average Bonchev–Trinajstić information content (AvgIpc) is 2.44. The van der Waals surface area contributed by atoms with E-state index in [9.17, 15) is 4.79 Å². The first-order valence-electron chi connectivity index (χ1n) is 6.84. The van der Waals surface area contributed by atoms with Crippen molar-refractivity contribution in [1.29, 1.82) is 0 Å². The molecule has 112 valence electrons. The molecule has 0 radical (unpaired) electrons. The van der Waals surface area contributed by atoms with Gasteiger partial charge in [0, 0.05) is 13.7 Å². The van der Waals surface area contributed by atoms with Gasteiger partial charge in [-0.3, -0.25) is 4.79 Å². The second kappa shape index (κ2) is 9.20. The maximum absolute atomic E-state index is 11.6. The number of ether oxygens (including phenoxy) is 2. The molecule has 0 aliphatic carbocycles. The highest BCUT2D eigenvalue weighted by Crippen LogP contribution is 2.23. The van der Waals surface area contributed by atoms with Crippen molar-refractivity contribution >= 4 is 11.6 Å². The van der Waals surface area contributed by atoms with Crippen molar-refractivity contribution in [3.8, 4) is 5.75 Å². The molecule has 0 spiro atoms. The third kappa shape index (κ3) is 6.43. The summed E-state index contributed by atoms with van der Waals surface area (Å²) in [5, 5.41) is 5.84. The number of methoxy groups -OCH3 is 1. The molecule has 1 amide bonds. The number of amides is 1. The maximum atomic E-state index is 11.6. The lowest BCUT2D eigenvalue weighted by atomic mass is 10.2. The highest BCUT2D eigenvalue weighted by Gasteiger charge is 2.06. The van der Waals surface area contributed by atoms with Gasteiger partial charge in [-0.2, -0.15) is 0 Å². The zero-order valence-electron chi connectivity index (χ0n) is 12.4. The molecule has 0 heterocycles. The fourth-order valence-electron chi connectivity index (χ4n) is 1.53. The van der Waals surface area contributed by atoms with Crippen molar-refractivity contribution in [2.45, 2.75) is 13.8 Å². The Morgan fingerprint density at radius 3 is 2.75 bits per heavy atom. The second-order valence-corrected chi connectivity index (χ2v) is 4.90. The molecule has 5 heteroatoms. The fourth-order valence-corrected chi connectivity index (χ4v) is 1.53. The number of benzene rings is 1. The van der Waals surface area contributed by atoms with Crippen molar-refractivity contribution in [3.63, 3.8) is 0 Å². The van der Waals surface area contributed by atoms with Gasteiger partial charge < -0.3 is 20.1 Å². The predicted octanol–water partition coefficient (Wildman–Crippen LogP) is 1.90. The van der Waals surface area contributed by atoms with Gasteiger partial charge in [-0.15, -0.1) is 0 Å². The summed E-state index contributed by atoms with van der Waals surface area (Å²) in [6.07, 6.45) is 0. The van der Waals surface area contributed by atoms with E-state index in [1.807, 2.05) is 24.3 Å². The van der Waals surface area contributed by atoms with E-state index in [2.05, 4.69) is 24.5 Å².